The highest BCUT2D eigenvalue weighted by molar-refractivity contribution is 7.90. The van der Waals surface area contributed by atoms with Crippen LogP contribution in [0.25, 0.3) is 10.9 Å². The number of hydrogen-bond acceptors (Lipinski definition) is 3. The maximum absolute atomic E-state index is 14.6. The van der Waals surface area contributed by atoms with E-state index in [1.807, 2.05) is 0 Å². The van der Waals surface area contributed by atoms with E-state index in [1.165, 1.54) is 18.2 Å². The first kappa shape index (κ1) is 23.3. The second-order valence-corrected chi connectivity index (χ2v) is 11.0. The number of aromatic nitrogens is 1. The van der Waals surface area contributed by atoms with E-state index in [2.05, 4.69) is 0 Å². The molecule has 1 spiro atoms. The summed E-state index contributed by atoms with van der Waals surface area (Å²) < 4.78 is 113. The standard InChI is InChI=1S/C22H17ClF6N2O2S/c1-19(24,25)13-5-7-14(8-6-13)34(32,33)31-11-17(18-15(23)3-2-4-16(18)31)30-12-21(26,27)22(28,29)20(30)9-10-20/h2-8,11H,9-10,12H2,1H3. The Balaban J connectivity index is 1.69. The van der Waals surface area contributed by atoms with Gasteiger partial charge in [-0.15, -0.1) is 0 Å². The molecule has 0 atom stereocenters. The summed E-state index contributed by atoms with van der Waals surface area (Å²) in [6.45, 7) is -0.635. The first-order valence-corrected chi connectivity index (χ1v) is 12.0. The summed E-state index contributed by atoms with van der Waals surface area (Å²) in [5, 5.41) is 0.0287. The van der Waals surface area contributed by atoms with Crippen molar-refractivity contribution in [1.82, 2.24) is 3.97 Å². The summed E-state index contributed by atoms with van der Waals surface area (Å²) >= 11 is 6.28. The SMILES string of the molecule is CC(F)(F)c1ccc(S(=O)(=O)n2cc(N3CC(F)(F)C(F)(F)C34CC4)c3c(Cl)cccc32)cc1. The molecule has 1 saturated carbocycles. The lowest BCUT2D eigenvalue weighted by atomic mass is 10.1. The highest BCUT2D eigenvalue weighted by Crippen LogP contribution is 2.65. The summed E-state index contributed by atoms with van der Waals surface area (Å²) in [7, 11) is -4.42. The molecule has 1 aliphatic heterocycles. The molecule has 0 unspecified atom stereocenters. The largest absolute Gasteiger partial charge is 0.351 e. The topological polar surface area (TPSA) is 42.3 Å². The van der Waals surface area contributed by atoms with E-state index >= 15 is 0 Å². The minimum Gasteiger partial charge on any atom is -0.351 e. The zero-order valence-corrected chi connectivity index (χ0v) is 19.1. The van der Waals surface area contributed by atoms with Crippen molar-refractivity contribution in [2.75, 3.05) is 11.4 Å². The molecule has 2 aromatic carbocycles. The molecule has 34 heavy (non-hydrogen) atoms. The molecule has 2 heterocycles. The quantitative estimate of drug-likeness (QED) is 0.379. The molecule has 4 nitrogen and oxygen atoms in total. The number of fused-ring (bicyclic) bond motifs is 1. The lowest BCUT2D eigenvalue weighted by molar-refractivity contribution is -0.190. The van der Waals surface area contributed by atoms with E-state index in [1.54, 1.807) is 0 Å². The van der Waals surface area contributed by atoms with Gasteiger partial charge in [0.2, 0.25) is 0 Å². The molecule has 3 aromatic rings. The summed E-state index contributed by atoms with van der Waals surface area (Å²) in [6, 6.07) is 8.12. The summed E-state index contributed by atoms with van der Waals surface area (Å²) in [5.41, 5.74) is -2.70. The van der Waals surface area contributed by atoms with Crippen LogP contribution in [0.5, 0.6) is 0 Å². The molecule has 12 heteroatoms. The number of benzene rings is 2. The maximum atomic E-state index is 14.6. The molecule has 1 saturated heterocycles. The van der Waals surface area contributed by atoms with Crippen LogP contribution in [0.15, 0.2) is 53.6 Å². The Kier molecular flexibility index (Phi) is 4.70. The molecular formula is C22H17ClF6N2O2S. The summed E-state index contributed by atoms with van der Waals surface area (Å²) in [4.78, 5) is 0.510. The second kappa shape index (κ2) is 6.84. The van der Waals surface area contributed by atoms with Crippen molar-refractivity contribution < 1.29 is 34.8 Å². The van der Waals surface area contributed by atoms with E-state index in [4.69, 9.17) is 11.6 Å². The second-order valence-electron chi connectivity index (χ2n) is 8.76. The number of nitrogens with zero attached hydrogens (tertiary/aromatic N) is 2. The normalized spacial score (nSPS) is 20.9. The lowest BCUT2D eigenvalue weighted by Gasteiger charge is -2.28. The van der Waals surface area contributed by atoms with Crippen molar-refractivity contribution in [3.63, 3.8) is 0 Å². The van der Waals surface area contributed by atoms with E-state index in [0.717, 1.165) is 39.3 Å². The first-order chi connectivity index (χ1) is 15.6. The zero-order chi connectivity index (χ0) is 24.9. The third kappa shape index (κ3) is 3.02. The van der Waals surface area contributed by atoms with Gasteiger partial charge in [0, 0.05) is 24.1 Å². The molecule has 2 aliphatic rings. The van der Waals surface area contributed by atoms with Crippen LogP contribution in [0.4, 0.5) is 32.0 Å². The Bertz CT molecular complexity index is 1410. The van der Waals surface area contributed by atoms with Gasteiger partial charge in [0.1, 0.15) is 5.54 Å². The minimum absolute atomic E-state index is 0.00300. The number of anilines is 1. The third-order valence-corrected chi connectivity index (χ3v) is 8.58. The van der Waals surface area contributed by atoms with Gasteiger partial charge >= 0.3 is 11.8 Å². The van der Waals surface area contributed by atoms with Crippen LogP contribution in [-0.4, -0.2) is 36.3 Å². The van der Waals surface area contributed by atoms with Gasteiger partial charge in [-0.2, -0.15) is 17.6 Å². The molecule has 0 amide bonds. The van der Waals surface area contributed by atoms with Crippen molar-refractivity contribution in [2.24, 2.45) is 0 Å². The van der Waals surface area contributed by atoms with Crippen LogP contribution < -0.4 is 4.90 Å². The maximum Gasteiger partial charge on any atom is 0.334 e. The van der Waals surface area contributed by atoms with Gasteiger partial charge in [-0.1, -0.05) is 29.8 Å². The fourth-order valence-corrected chi connectivity index (χ4v) is 6.23. The average molecular weight is 523 g/mol. The fourth-order valence-electron chi connectivity index (χ4n) is 4.61. The van der Waals surface area contributed by atoms with Gasteiger partial charge in [-0.05, 0) is 37.1 Å². The van der Waals surface area contributed by atoms with Gasteiger partial charge in [0.05, 0.1) is 27.7 Å². The van der Waals surface area contributed by atoms with Crippen LogP contribution in [-0.2, 0) is 15.9 Å². The highest BCUT2D eigenvalue weighted by atomic mass is 35.5. The monoisotopic (exact) mass is 522 g/mol. The minimum atomic E-state index is -4.42. The lowest BCUT2D eigenvalue weighted by Crippen LogP contribution is -2.47. The number of rotatable bonds is 4. The molecule has 0 bridgehead atoms. The Labute approximate surface area is 195 Å². The van der Waals surface area contributed by atoms with Gasteiger partial charge < -0.3 is 4.90 Å². The number of alkyl halides is 6. The Morgan fingerprint density at radius 2 is 1.62 bits per heavy atom. The van der Waals surface area contributed by atoms with Gasteiger partial charge in [0.25, 0.3) is 15.9 Å². The van der Waals surface area contributed by atoms with Gasteiger partial charge in [-0.25, -0.2) is 21.2 Å². The van der Waals surface area contributed by atoms with E-state index in [9.17, 15) is 34.8 Å². The van der Waals surface area contributed by atoms with E-state index in [0.29, 0.717) is 6.92 Å². The molecule has 1 aromatic heterocycles. The summed E-state index contributed by atoms with van der Waals surface area (Å²) in [5.74, 6) is -11.8. The van der Waals surface area contributed by atoms with Crippen molar-refractivity contribution in [2.45, 2.75) is 48.0 Å². The predicted octanol–water partition coefficient (Wildman–Crippen LogP) is 6.27. The van der Waals surface area contributed by atoms with Crippen molar-refractivity contribution >= 4 is 38.2 Å². The first-order valence-electron chi connectivity index (χ1n) is 10.2. The number of hydrogen-bond donors (Lipinski definition) is 0. The van der Waals surface area contributed by atoms with Crippen molar-refractivity contribution in [1.29, 1.82) is 0 Å². The molecule has 0 N–H and O–H groups in total. The van der Waals surface area contributed by atoms with Crippen LogP contribution >= 0.6 is 11.6 Å². The Morgan fingerprint density at radius 3 is 2.18 bits per heavy atom. The third-order valence-electron chi connectivity index (χ3n) is 6.57. The molecule has 1 aliphatic carbocycles. The average Bonchev–Trinajstić information content (AvgIpc) is 3.43. The highest BCUT2D eigenvalue weighted by Gasteiger charge is 2.81. The van der Waals surface area contributed by atoms with E-state index < -0.39 is 45.4 Å². The molecule has 2 fully saturated rings. The summed E-state index contributed by atoms with van der Waals surface area (Å²) in [6.07, 6.45) is 0.615. The number of halogens is 7. The molecule has 5 rings (SSSR count). The molecular weight excluding hydrogens is 506 g/mol. The van der Waals surface area contributed by atoms with Gasteiger partial charge in [0.15, 0.2) is 0 Å². The predicted molar refractivity (Wildman–Crippen MR) is 115 cm³/mol. The molecule has 0 radical (unpaired) electrons. The van der Waals surface area contributed by atoms with Gasteiger partial charge in [-0.3, -0.25) is 0 Å². The van der Waals surface area contributed by atoms with Crippen molar-refractivity contribution in [3.05, 3.63) is 59.2 Å². The Hall–Kier alpha value is -2.40. The smallest absolute Gasteiger partial charge is 0.334 e. The van der Waals surface area contributed by atoms with Crippen LogP contribution in [0.2, 0.25) is 5.02 Å². The van der Waals surface area contributed by atoms with Crippen LogP contribution in [0.3, 0.4) is 0 Å². The van der Waals surface area contributed by atoms with Crippen molar-refractivity contribution in [3.8, 4) is 0 Å². The van der Waals surface area contributed by atoms with E-state index in [-0.39, 0.29) is 39.4 Å². The van der Waals surface area contributed by atoms with Crippen LogP contribution in [0.1, 0.15) is 25.3 Å². The Morgan fingerprint density at radius 1 is 1.00 bits per heavy atom. The fraction of sp³-hybridized carbons (Fsp3) is 0.364. The van der Waals surface area contributed by atoms with Crippen LogP contribution in [0, 0.1) is 0 Å². The zero-order valence-electron chi connectivity index (χ0n) is 17.5. The molecule has 182 valence electrons.